The van der Waals surface area contributed by atoms with Crippen LogP contribution < -0.4 is 9.47 Å². The SMILES string of the molecule is CC(C)(C)OC(=O)N1CCC[C@H]1C(=O)OCC(=O)c1ccc2c(c1)Oc1nnc(C(=O)COC(=O)[C@@H]3CCCN3C(=O)OC(C)(C)C)cc1O2. The molecule has 0 saturated carbocycles. The van der Waals surface area contributed by atoms with Gasteiger partial charge in [0.25, 0.3) is 5.88 Å². The second-order valence-corrected chi connectivity index (χ2v) is 14.0. The summed E-state index contributed by atoms with van der Waals surface area (Å²) in [5, 5.41) is 7.77. The molecule has 1 aromatic heterocycles. The van der Waals surface area contributed by atoms with E-state index in [1.54, 1.807) is 41.5 Å². The summed E-state index contributed by atoms with van der Waals surface area (Å²) >= 11 is 0. The molecule has 50 heavy (non-hydrogen) atoms. The topological polar surface area (TPSA) is 190 Å². The van der Waals surface area contributed by atoms with Gasteiger partial charge in [-0.05, 0) is 85.4 Å². The van der Waals surface area contributed by atoms with Gasteiger partial charge in [-0.25, -0.2) is 19.2 Å². The highest BCUT2D eigenvalue weighted by Crippen LogP contribution is 2.44. The molecule has 0 spiro atoms. The van der Waals surface area contributed by atoms with Crippen LogP contribution in [0.5, 0.6) is 23.1 Å². The van der Waals surface area contributed by atoms with Crippen molar-refractivity contribution in [2.75, 3.05) is 26.3 Å². The summed E-state index contributed by atoms with van der Waals surface area (Å²) in [6, 6.07) is 3.88. The van der Waals surface area contributed by atoms with E-state index in [0.717, 1.165) is 0 Å². The summed E-state index contributed by atoms with van der Waals surface area (Å²) in [6.07, 6.45) is 0.702. The van der Waals surface area contributed by atoms with E-state index in [4.69, 9.17) is 28.4 Å². The van der Waals surface area contributed by atoms with E-state index in [2.05, 4.69) is 10.2 Å². The Balaban J connectivity index is 1.14. The maximum atomic E-state index is 12.9. The number of carbonyl (C=O) groups is 6. The van der Waals surface area contributed by atoms with Gasteiger partial charge in [-0.2, -0.15) is 0 Å². The molecular weight excluding hydrogens is 656 g/mol. The van der Waals surface area contributed by atoms with E-state index in [1.807, 2.05) is 0 Å². The van der Waals surface area contributed by atoms with Crippen molar-refractivity contribution >= 4 is 35.7 Å². The van der Waals surface area contributed by atoms with Gasteiger partial charge in [0.15, 0.2) is 36.2 Å². The van der Waals surface area contributed by atoms with E-state index < -0.39 is 72.2 Å². The first-order valence-electron chi connectivity index (χ1n) is 16.3. The lowest BCUT2D eigenvalue weighted by molar-refractivity contribution is -0.148. The highest BCUT2D eigenvalue weighted by Gasteiger charge is 2.39. The van der Waals surface area contributed by atoms with Crippen molar-refractivity contribution in [1.82, 2.24) is 20.0 Å². The Morgan fingerprint density at radius 1 is 0.700 bits per heavy atom. The van der Waals surface area contributed by atoms with Crippen molar-refractivity contribution in [3.05, 3.63) is 35.5 Å². The monoisotopic (exact) mass is 696 g/mol. The van der Waals surface area contributed by atoms with Crippen molar-refractivity contribution < 1.29 is 57.2 Å². The van der Waals surface area contributed by atoms with Crippen molar-refractivity contribution in [2.24, 2.45) is 0 Å². The zero-order valence-corrected chi connectivity index (χ0v) is 28.8. The average molecular weight is 697 g/mol. The number of benzene rings is 1. The van der Waals surface area contributed by atoms with E-state index in [9.17, 15) is 28.8 Å². The summed E-state index contributed by atoms with van der Waals surface area (Å²) in [5.41, 5.74) is -1.45. The molecule has 268 valence electrons. The number of ether oxygens (including phenoxy) is 6. The minimum atomic E-state index is -0.869. The Bertz CT molecular complexity index is 1570. The molecule has 16 heteroatoms. The Labute approximate surface area is 288 Å². The number of Topliss-reactive ketones (excluding diaryl/α,β-unsaturated/α-hetero) is 2. The molecule has 2 atom stereocenters. The Morgan fingerprint density at radius 3 is 1.78 bits per heavy atom. The lowest BCUT2D eigenvalue weighted by Gasteiger charge is -2.27. The fraction of sp³-hybridized carbons (Fsp3) is 0.529. The predicted octanol–water partition coefficient (Wildman–Crippen LogP) is 4.63. The van der Waals surface area contributed by atoms with Crippen LogP contribution in [0.4, 0.5) is 9.59 Å². The molecule has 2 aromatic rings. The van der Waals surface area contributed by atoms with Crippen LogP contribution in [0, 0.1) is 0 Å². The fourth-order valence-electron chi connectivity index (χ4n) is 5.44. The second kappa shape index (κ2) is 14.3. The third-order valence-corrected chi connectivity index (χ3v) is 7.70. The molecule has 3 aliphatic rings. The highest BCUT2D eigenvalue weighted by atomic mass is 16.6. The standard InChI is InChI=1S/C34H40N4O12/c1-33(2,3)49-31(43)37-13-7-9-21(37)29(41)45-17-23(39)19-11-12-25-26(15-19)48-28-27(47-25)16-20(35-36-28)24(40)18-46-30(42)22-10-8-14-38(22)32(44)50-34(4,5)6/h11-12,15-16,21-22H,7-10,13-14,17-18H2,1-6H3/t21-,22-/m0/s1. The molecule has 4 heterocycles. The molecule has 2 saturated heterocycles. The van der Waals surface area contributed by atoms with Crippen LogP contribution in [-0.2, 0) is 28.5 Å². The first kappa shape index (κ1) is 36.0. The highest BCUT2D eigenvalue weighted by molar-refractivity contribution is 5.99. The van der Waals surface area contributed by atoms with Gasteiger partial charge in [0.05, 0.1) is 0 Å². The smallest absolute Gasteiger partial charge is 0.411 e. The van der Waals surface area contributed by atoms with Gasteiger partial charge in [0.2, 0.25) is 5.78 Å². The summed E-state index contributed by atoms with van der Waals surface area (Å²) in [4.78, 5) is 78.9. The number of nitrogens with zero attached hydrogens (tertiary/aromatic N) is 4. The second-order valence-electron chi connectivity index (χ2n) is 14.0. The Kier molecular flexibility index (Phi) is 10.3. The van der Waals surface area contributed by atoms with Crippen molar-refractivity contribution in [3.63, 3.8) is 0 Å². The molecule has 3 aliphatic heterocycles. The molecule has 2 fully saturated rings. The van der Waals surface area contributed by atoms with Gasteiger partial charge in [-0.1, -0.05) is 0 Å². The first-order valence-corrected chi connectivity index (χ1v) is 16.3. The molecule has 1 aromatic carbocycles. The number of ketones is 2. The lowest BCUT2D eigenvalue weighted by Crippen LogP contribution is -2.44. The van der Waals surface area contributed by atoms with E-state index in [-0.39, 0.29) is 34.4 Å². The molecule has 0 aliphatic carbocycles. The fourth-order valence-corrected chi connectivity index (χ4v) is 5.44. The molecule has 16 nitrogen and oxygen atoms in total. The third kappa shape index (κ3) is 8.65. The number of rotatable bonds is 8. The van der Waals surface area contributed by atoms with Gasteiger partial charge in [-0.3, -0.25) is 19.4 Å². The molecule has 0 radical (unpaired) electrons. The molecule has 0 N–H and O–H groups in total. The maximum Gasteiger partial charge on any atom is 0.411 e. The molecule has 5 rings (SSSR count). The van der Waals surface area contributed by atoms with Crippen molar-refractivity contribution in [1.29, 1.82) is 0 Å². The summed E-state index contributed by atoms with van der Waals surface area (Å²) in [7, 11) is 0. The summed E-state index contributed by atoms with van der Waals surface area (Å²) in [5.74, 6) is -2.29. The van der Waals surface area contributed by atoms with Crippen LogP contribution in [0.1, 0.15) is 88.1 Å². The van der Waals surface area contributed by atoms with Gasteiger partial charge in [0, 0.05) is 24.7 Å². The van der Waals surface area contributed by atoms with Gasteiger partial charge in [0.1, 0.15) is 29.0 Å². The number of hydrogen-bond donors (Lipinski definition) is 0. The Hall–Kier alpha value is -5.28. The molecular formula is C34H40N4O12. The number of fused-ring (bicyclic) bond motifs is 2. The van der Waals surface area contributed by atoms with Crippen LogP contribution in [-0.4, -0.2) is 105 Å². The zero-order chi connectivity index (χ0) is 36.4. The number of esters is 2. The quantitative estimate of drug-likeness (QED) is 0.180. The molecule has 0 bridgehead atoms. The van der Waals surface area contributed by atoms with Crippen LogP contribution >= 0.6 is 0 Å². The number of aromatic nitrogens is 2. The zero-order valence-electron chi connectivity index (χ0n) is 28.8. The normalized spacial score (nSPS) is 18.2. The average Bonchev–Trinajstić information content (AvgIpc) is 3.74. The van der Waals surface area contributed by atoms with Crippen LogP contribution in [0.25, 0.3) is 0 Å². The minimum absolute atomic E-state index is 0.0631. The summed E-state index contributed by atoms with van der Waals surface area (Å²) in [6.45, 7) is 9.83. The van der Waals surface area contributed by atoms with Gasteiger partial charge < -0.3 is 28.4 Å². The minimum Gasteiger partial charge on any atom is -0.456 e. The van der Waals surface area contributed by atoms with Crippen LogP contribution in [0.15, 0.2) is 24.3 Å². The largest absolute Gasteiger partial charge is 0.456 e. The van der Waals surface area contributed by atoms with E-state index >= 15 is 0 Å². The summed E-state index contributed by atoms with van der Waals surface area (Å²) < 4.78 is 32.8. The third-order valence-electron chi connectivity index (χ3n) is 7.70. The van der Waals surface area contributed by atoms with Crippen molar-refractivity contribution in [2.45, 2.75) is 90.5 Å². The number of hydrogen-bond acceptors (Lipinski definition) is 14. The van der Waals surface area contributed by atoms with Gasteiger partial charge >= 0.3 is 24.1 Å². The predicted molar refractivity (Wildman–Crippen MR) is 171 cm³/mol. The molecule has 2 amide bonds. The van der Waals surface area contributed by atoms with Crippen molar-refractivity contribution in [3.8, 4) is 23.1 Å². The number of likely N-dealkylation sites (tertiary alicyclic amines) is 2. The van der Waals surface area contributed by atoms with E-state index in [0.29, 0.717) is 38.8 Å². The van der Waals surface area contributed by atoms with E-state index in [1.165, 1.54) is 34.1 Å². The van der Waals surface area contributed by atoms with Crippen LogP contribution in [0.2, 0.25) is 0 Å². The lowest BCUT2D eigenvalue weighted by atomic mass is 10.1. The number of amides is 2. The maximum absolute atomic E-state index is 12.9. The number of carbonyl (C=O) groups excluding carboxylic acids is 6. The van der Waals surface area contributed by atoms with Gasteiger partial charge in [-0.15, -0.1) is 10.2 Å². The Morgan fingerprint density at radius 2 is 1.24 bits per heavy atom. The first-order chi connectivity index (χ1) is 23.5. The molecule has 0 unspecified atom stereocenters. The van der Waals surface area contributed by atoms with Crippen LogP contribution in [0.3, 0.4) is 0 Å².